The quantitative estimate of drug-likeness (QED) is 0.0186. The van der Waals surface area contributed by atoms with Crippen LogP contribution in [0.15, 0.2) is 66.7 Å². The molecule has 0 aromatic heterocycles. The molecule has 0 saturated carbocycles. The summed E-state index contributed by atoms with van der Waals surface area (Å²) in [5, 5.41) is 72.3. The summed E-state index contributed by atoms with van der Waals surface area (Å²) in [7, 11) is 0. The monoisotopic (exact) mass is 1340 g/mol. The molecule has 4 atom stereocenters. The molecule has 2 heterocycles. The summed E-state index contributed by atoms with van der Waals surface area (Å²) >= 11 is 0. The Kier molecular flexibility index (Phi) is 32.4. The molecule has 5 rings (SSSR count). The third-order valence-electron chi connectivity index (χ3n) is 15.2. The van der Waals surface area contributed by atoms with Gasteiger partial charge in [-0.05, 0) is 61.8 Å². The number of unbranched alkanes of at least 4 members (excludes halogenated alkanes) is 1. The molecule has 0 bridgehead atoms. The Bertz CT molecular complexity index is 3060. The number of rotatable bonds is 35. The molecule has 95 heavy (non-hydrogen) atoms. The van der Waals surface area contributed by atoms with Crippen molar-refractivity contribution in [1.29, 1.82) is 5.41 Å². The predicted molar refractivity (Wildman–Crippen MR) is 338 cm³/mol. The van der Waals surface area contributed by atoms with Gasteiger partial charge in [0.2, 0.25) is 41.4 Å². The number of carboxylic acids is 3. The van der Waals surface area contributed by atoms with Crippen molar-refractivity contribution in [3.8, 4) is 11.5 Å². The van der Waals surface area contributed by atoms with Gasteiger partial charge in [0.05, 0.1) is 45.1 Å². The first kappa shape index (κ1) is 76.1. The number of carbonyl (C=O) groups excluding carboxylic acids is 8. The van der Waals surface area contributed by atoms with E-state index < -0.39 is 107 Å². The van der Waals surface area contributed by atoms with Crippen LogP contribution in [0.1, 0.15) is 80.9 Å². The van der Waals surface area contributed by atoms with Gasteiger partial charge in [0.15, 0.2) is 5.96 Å². The highest BCUT2D eigenvalue weighted by molar-refractivity contribution is 5.99. The number of hydrogen-bond acceptors (Lipinski definition) is 18. The van der Waals surface area contributed by atoms with Crippen molar-refractivity contribution in [3.63, 3.8) is 0 Å². The molecular weight excluding hydrogens is 1250 g/mol. The molecule has 0 unspecified atom stereocenters. The van der Waals surface area contributed by atoms with Crippen molar-refractivity contribution in [2.75, 3.05) is 118 Å². The van der Waals surface area contributed by atoms with E-state index in [0.717, 1.165) is 0 Å². The topological polar surface area (TPSA) is 435 Å². The zero-order valence-corrected chi connectivity index (χ0v) is 53.0. The highest BCUT2D eigenvalue weighted by Crippen LogP contribution is 2.29. The number of nitrogens with one attached hydrogen (secondary N) is 11. The number of piperazine rings is 1. The van der Waals surface area contributed by atoms with Gasteiger partial charge in [-0.25, -0.2) is 13.6 Å². The number of urea groups is 1. The number of aromatic hydroxyl groups is 1. The fraction of sp³-hybridized carbons (Fsp3) is 0.516. The molecule has 2 aliphatic rings. The van der Waals surface area contributed by atoms with Gasteiger partial charge in [-0.15, -0.1) is 0 Å². The van der Waals surface area contributed by atoms with E-state index in [9.17, 15) is 81.9 Å². The normalized spacial score (nSPS) is 16.5. The van der Waals surface area contributed by atoms with Crippen LogP contribution in [-0.4, -0.2) is 247 Å². The van der Waals surface area contributed by atoms with E-state index in [-0.39, 0.29) is 174 Å². The fourth-order valence-electron chi connectivity index (χ4n) is 10.2. The molecule has 31 nitrogen and oxygen atoms in total. The second-order valence-electron chi connectivity index (χ2n) is 22.6. The van der Waals surface area contributed by atoms with Gasteiger partial charge in [-0.1, -0.05) is 49.4 Å². The minimum absolute atomic E-state index is 0.0347. The van der Waals surface area contributed by atoms with E-state index >= 15 is 0 Å². The molecule has 2 saturated heterocycles. The first-order chi connectivity index (χ1) is 45.5. The second-order valence-corrected chi connectivity index (χ2v) is 22.6. The van der Waals surface area contributed by atoms with Crippen molar-refractivity contribution in [2.45, 2.75) is 88.9 Å². The number of amides is 9. The summed E-state index contributed by atoms with van der Waals surface area (Å²) in [6.07, 6.45) is 1.39. The van der Waals surface area contributed by atoms with Crippen molar-refractivity contribution in [2.24, 2.45) is 0 Å². The summed E-state index contributed by atoms with van der Waals surface area (Å²) in [4.78, 5) is 146. The number of carbonyl (C=O) groups is 11. The van der Waals surface area contributed by atoms with Crippen LogP contribution in [0.5, 0.6) is 11.5 Å². The summed E-state index contributed by atoms with van der Waals surface area (Å²) in [5.41, 5.74) is 0.484. The number of guanidine groups is 1. The third-order valence-corrected chi connectivity index (χ3v) is 15.2. The lowest BCUT2D eigenvalue weighted by Crippen LogP contribution is -2.62. The maximum Gasteiger partial charge on any atom is 0.321 e. The Balaban J connectivity index is 1.06. The van der Waals surface area contributed by atoms with E-state index in [1.165, 1.54) is 0 Å². The molecule has 15 N–H and O–H groups in total. The molecule has 0 aliphatic carbocycles. The fourth-order valence-corrected chi connectivity index (χ4v) is 10.2. The molecule has 33 heteroatoms. The average molecular weight is 1340 g/mol. The lowest BCUT2D eigenvalue weighted by atomic mass is 9.90. The van der Waals surface area contributed by atoms with Crippen LogP contribution in [0.25, 0.3) is 0 Å². The molecule has 520 valence electrons. The Morgan fingerprint density at radius 2 is 1.12 bits per heavy atom. The van der Waals surface area contributed by atoms with E-state index in [0.29, 0.717) is 41.9 Å². The minimum atomic E-state index is -1.29. The Morgan fingerprint density at radius 1 is 0.589 bits per heavy atom. The van der Waals surface area contributed by atoms with Crippen molar-refractivity contribution in [3.05, 3.63) is 95.1 Å². The highest BCUT2D eigenvalue weighted by Gasteiger charge is 2.35. The maximum absolute atomic E-state index is 14.7. The van der Waals surface area contributed by atoms with Crippen LogP contribution >= 0.6 is 0 Å². The van der Waals surface area contributed by atoms with Crippen LogP contribution in [0, 0.1) is 17.0 Å². The molecule has 9 amide bonds. The number of aliphatic carboxylic acids is 3. The lowest BCUT2D eigenvalue weighted by Gasteiger charge is -2.32. The van der Waals surface area contributed by atoms with Gasteiger partial charge >= 0.3 is 23.9 Å². The molecule has 3 aromatic rings. The van der Waals surface area contributed by atoms with E-state index in [4.69, 9.17) is 10.1 Å². The third kappa shape index (κ3) is 28.7. The zero-order valence-electron chi connectivity index (χ0n) is 53.0. The van der Waals surface area contributed by atoms with Gasteiger partial charge in [0.1, 0.15) is 41.3 Å². The number of ether oxygens (including phenoxy) is 1. The number of carboxylic acid groups (broad SMARTS) is 3. The summed E-state index contributed by atoms with van der Waals surface area (Å²) in [6, 6.07) is 12.7. The molecular formula is C62H87F2N15O16. The summed E-state index contributed by atoms with van der Waals surface area (Å²) in [6.45, 7) is 2.72. The molecule has 0 radical (unpaired) electrons. The van der Waals surface area contributed by atoms with E-state index in [1.807, 2.05) is 0 Å². The lowest BCUT2D eigenvalue weighted by molar-refractivity contribution is -0.140. The SMILES string of the molecule is CCC(=O)NCCNC(=O)NC(=N)NCCC[C@@H](NC(=O)[C@@H](c1ccccc1)c1cccc(OCCCCNC(=O)C[C@H]2NC(=O)[C@@H](CCCNC(=O)CN3CCN(CC(=O)O)CCN(CC(=O)O)CCN(CC(=O)O)CC3)NC2=O)c1)C(=O)NCc1c(F)cc(O)cc1F. The average Bonchev–Trinajstić information content (AvgIpc) is 0.846. The largest absolute Gasteiger partial charge is 0.508 e. The zero-order chi connectivity index (χ0) is 69.2. The standard InChI is InChI=1S/C62H87F2N15O16/c1-2-50(81)68-20-21-70-62(94)75-61(65)69-19-10-15-47(57(90)71-35-44-45(63)32-42(80)33-46(44)64)73-60(93)56(40-11-4-3-5-12-40)41-13-8-14-43(31-41)95-30-7-6-17-66-51(82)34-49-59(92)72-48(58(91)74-49)16-9-18-67-52(83)36-76-22-24-77(37-53(84)85)26-28-79(39-55(88)89)29-27-78(25-23-76)38-54(86)87/h3-5,8,11-14,31-33,47-49,56,80H,2,6-7,9-10,15-30,34-39H2,1H3,(H,66,82)(H,67,83)(H,68,81)(H,71,90)(H,72,92)(H,73,93)(H,74,91)(H,84,85)(H,86,87)(H,88,89)(H4,65,69,70,75,94)/t47-,48-,49-,56+/m1/s1. The second kappa shape index (κ2) is 40.5. The first-order valence-corrected chi connectivity index (χ1v) is 31.3. The molecule has 2 aliphatic heterocycles. The first-order valence-electron chi connectivity index (χ1n) is 31.3. The summed E-state index contributed by atoms with van der Waals surface area (Å²) < 4.78 is 35.4. The van der Waals surface area contributed by atoms with Crippen molar-refractivity contribution in [1.82, 2.24) is 72.8 Å². The predicted octanol–water partition coefficient (Wildman–Crippen LogP) is -1.25. The smallest absolute Gasteiger partial charge is 0.321 e. The molecule has 2 fully saturated rings. The van der Waals surface area contributed by atoms with Crippen LogP contribution < -0.4 is 57.9 Å². The number of phenols is 1. The van der Waals surface area contributed by atoms with Crippen molar-refractivity contribution >= 4 is 71.2 Å². The Hall–Kier alpha value is -9.60. The number of nitrogens with zero attached hydrogens (tertiary/aromatic N) is 4. The van der Waals surface area contributed by atoms with Gasteiger partial charge in [0, 0.05) is 116 Å². The van der Waals surface area contributed by atoms with Crippen LogP contribution in [0.4, 0.5) is 13.6 Å². The number of phenolic OH excluding ortho intramolecular Hbond substituents is 1. The molecule has 3 aromatic carbocycles. The van der Waals surface area contributed by atoms with Gasteiger partial charge in [-0.3, -0.25) is 78.3 Å². The Labute approximate surface area is 547 Å². The summed E-state index contributed by atoms with van der Waals surface area (Å²) in [5.74, 6) is -10.7. The number of hydrogen-bond donors (Lipinski definition) is 15. The molecule has 0 spiro atoms. The highest BCUT2D eigenvalue weighted by atomic mass is 19.1. The van der Waals surface area contributed by atoms with Crippen LogP contribution in [-0.2, 0) is 54.5 Å². The maximum atomic E-state index is 14.7. The number of benzene rings is 3. The van der Waals surface area contributed by atoms with Gasteiger partial charge in [0.25, 0.3) is 0 Å². The Morgan fingerprint density at radius 3 is 1.72 bits per heavy atom. The van der Waals surface area contributed by atoms with Gasteiger partial charge < -0.3 is 73.0 Å². The van der Waals surface area contributed by atoms with E-state index in [2.05, 4.69) is 53.2 Å². The minimum Gasteiger partial charge on any atom is -0.508 e. The van der Waals surface area contributed by atoms with Crippen molar-refractivity contribution < 1.29 is 86.7 Å². The number of halogens is 2. The van der Waals surface area contributed by atoms with Gasteiger partial charge in [-0.2, -0.15) is 0 Å². The van der Waals surface area contributed by atoms with Crippen LogP contribution in [0.2, 0.25) is 0 Å². The van der Waals surface area contributed by atoms with Crippen LogP contribution in [0.3, 0.4) is 0 Å². The van der Waals surface area contributed by atoms with E-state index in [1.54, 1.807) is 81.1 Å².